The van der Waals surface area contributed by atoms with Crippen LogP contribution in [0.3, 0.4) is 0 Å². The van der Waals surface area contributed by atoms with Crippen molar-refractivity contribution in [2.24, 2.45) is 29.6 Å². The summed E-state index contributed by atoms with van der Waals surface area (Å²) < 4.78 is 30.0. The first-order valence-electron chi connectivity index (χ1n) is 21.2. The van der Waals surface area contributed by atoms with Gasteiger partial charge >= 0.3 is 5.97 Å². The van der Waals surface area contributed by atoms with Crippen molar-refractivity contribution in [3.8, 4) is 0 Å². The van der Waals surface area contributed by atoms with Gasteiger partial charge in [0.2, 0.25) is 5.79 Å². The normalized spacial score (nSPS) is 40.2. The molecule has 12 heteroatoms. The molecule has 318 valence electrons. The minimum absolute atomic E-state index is 0.0907. The number of methoxy groups -OCH3 is 3. The number of hydrogen-bond acceptors (Lipinski definition) is 11. The number of Topliss-reactive ketones (excluding diaryl/α,β-unsaturated/α-hetero) is 2. The number of aliphatic hydroxyl groups excluding tert-OH is 1. The Kier molecular flexibility index (Phi) is 17.3. The van der Waals surface area contributed by atoms with Crippen LogP contribution in [0, 0.1) is 29.6 Å². The number of allylic oxidation sites excluding steroid dienone is 3. The zero-order valence-electron chi connectivity index (χ0n) is 35.5. The van der Waals surface area contributed by atoms with E-state index in [9.17, 15) is 29.4 Å². The number of cyclic esters (lactones) is 1. The van der Waals surface area contributed by atoms with Gasteiger partial charge in [0.1, 0.15) is 24.0 Å². The molecule has 13 unspecified atom stereocenters. The fourth-order valence-corrected chi connectivity index (χ4v) is 9.61. The molecule has 0 radical (unpaired) electrons. The van der Waals surface area contributed by atoms with Gasteiger partial charge in [-0.3, -0.25) is 14.4 Å². The summed E-state index contributed by atoms with van der Waals surface area (Å²) in [6.45, 7) is 11.9. The van der Waals surface area contributed by atoms with Crippen LogP contribution in [-0.2, 0) is 42.9 Å². The second-order valence-electron chi connectivity index (χ2n) is 17.4. The molecule has 12 nitrogen and oxygen atoms in total. The van der Waals surface area contributed by atoms with E-state index < -0.39 is 65.9 Å². The first kappa shape index (κ1) is 46.2. The van der Waals surface area contributed by atoms with Gasteiger partial charge in [0.05, 0.1) is 24.4 Å². The Morgan fingerprint density at radius 3 is 2.29 bits per heavy atom. The predicted molar refractivity (Wildman–Crippen MR) is 211 cm³/mol. The second kappa shape index (κ2) is 21.0. The molecule has 2 bridgehead atoms. The Bertz CT molecular complexity index is 1410. The van der Waals surface area contributed by atoms with E-state index in [1.54, 1.807) is 28.3 Å². The summed E-state index contributed by atoms with van der Waals surface area (Å²) in [5.41, 5.74) is 1.92. The molecule has 3 heterocycles. The third-order valence-corrected chi connectivity index (χ3v) is 12.9. The number of carbonyl (C=O) groups is 4. The van der Waals surface area contributed by atoms with E-state index in [1.165, 1.54) is 4.90 Å². The molecule has 4 rings (SSSR count). The van der Waals surface area contributed by atoms with Crippen LogP contribution in [0.1, 0.15) is 125 Å². The minimum atomic E-state index is -2.46. The van der Waals surface area contributed by atoms with E-state index in [2.05, 4.69) is 26.0 Å². The standard InChI is InChI=1S/C44H71NO11/c1-10-13-32-21-26(2)20-27(3)22-37(53-8)40-38(54-9)24-30(6)44(51,56-40)41(48)42(49)45-19-12-11-14-33(45)43(50)55-39(28(4)15-17-34(32)46)29(5)23-31-16-18-35(47)36(25-31)52-7/h21,23,27-28,30-33,35-40,47,51H,10-20,22,24-25H2,1-9H3/b26-21-,29-23+. The number of fused-ring (bicyclic) bond motifs is 3. The zero-order valence-corrected chi connectivity index (χ0v) is 35.5. The topological polar surface area (TPSA) is 158 Å². The Morgan fingerprint density at radius 2 is 1.62 bits per heavy atom. The van der Waals surface area contributed by atoms with E-state index in [0.717, 1.165) is 30.4 Å². The Labute approximate surface area is 335 Å². The minimum Gasteiger partial charge on any atom is -0.456 e. The highest BCUT2D eigenvalue weighted by molar-refractivity contribution is 6.39. The van der Waals surface area contributed by atoms with Crippen LogP contribution < -0.4 is 0 Å². The number of nitrogens with zero attached hydrogens (tertiary/aromatic N) is 1. The number of piperidine rings is 1. The molecule has 0 aromatic rings. The van der Waals surface area contributed by atoms with Crippen molar-refractivity contribution >= 4 is 23.4 Å². The summed E-state index contributed by atoms with van der Waals surface area (Å²) >= 11 is 0. The number of hydrogen-bond donors (Lipinski definition) is 2. The summed E-state index contributed by atoms with van der Waals surface area (Å²) in [4.78, 5) is 57.9. The third-order valence-electron chi connectivity index (χ3n) is 12.9. The lowest BCUT2D eigenvalue weighted by molar-refractivity contribution is -0.302. The molecule has 1 amide bonds. The third kappa shape index (κ3) is 11.2. The summed E-state index contributed by atoms with van der Waals surface area (Å²) in [6, 6.07) is -1.04. The van der Waals surface area contributed by atoms with Gasteiger partial charge in [0.25, 0.3) is 11.7 Å². The van der Waals surface area contributed by atoms with Crippen molar-refractivity contribution < 1.29 is 53.1 Å². The molecule has 3 aliphatic heterocycles. The van der Waals surface area contributed by atoms with Gasteiger partial charge < -0.3 is 38.8 Å². The molecule has 0 spiro atoms. The van der Waals surface area contributed by atoms with Crippen LogP contribution in [0.4, 0.5) is 0 Å². The highest BCUT2D eigenvalue weighted by Crippen LogP contribution is 2.39. The highest BCUT2D eigenvalue weighted by Gasteiger charge is 2.56. The van der Waals surface area contributed by atoms with Crippen molar-refractivity contribution in [2.45, 2.75) is 173 Å². The molecule has 13 atom stereocenters. The molecule has 0 aromatic heterocycles. The molecular weight excluding hydrogens is 718 g/mol. The smallest absolute Gasteiger partial charge is 0.329 e. The first-order chi connectivity index (χ1) is 26.6. The fraction of sp³-hybridized carbons (Fsp3) is 0.818. The lowest BCUT2D eigenvalue weighted by Gasteiger charge is -2.47. The number of esters is 1. The van der Waals surface area contributed by atoms with Gasteiger partial charge in [-0.25, -0.2) is 4.79 Å². The number of amides is 1. The molecule has 2 N–H and O–H groups in total. The molecule has 0 aromatic carbocycles. The Balaban J connectivity index is 1.74. The number of aliphatic hydroxyl groups is 2. The van der Waals surface area contributed by atoms with Crippen LogP contribution in [-0.4, -0.2) is 115 Å². The van der Waals surface area contributed by atoms with Gasteiger partial charge in [-0.05, 0) is 108 Å². The predicted octanol–water partition coefficient (Wildman–Crippen LogP) is 5.89. The molecule has 56 heavy (non-hydrogen) atoms. The first-order valence-corrected chi connectivity index (χ1v) is 21.2. The lowest BCUT2D eigenvalue weighted by atomic mass is 9.82. The summed E-state index contributed by atoms with van der Waals surface area (Å²) in [5, 5.41) is 22.5. The van der Waals surface area contributed by atoms with Gasteiger partial charge in [-0.1, -0.05) is 51.8 Å². The summed E-state index contributed by atoms with van der Waals surface area (Å²) in [7, 11) is 4.71. The van der Waals surface area contributed by atoms with Gasteiger partial charge in [0.15, 0.2) is 0 Å². The van der Waals surface area contributed by atoms with Crippen molar-refractivity contribution in [2.75, 3.05) is 27.9 Å². The second-order valence-corrected chi connectivity index (χ2v) is 17.4. The average Bonchev–Trinajstić information content (AvgIpc) is 3.18. The number of ether oxygens (including phenoxy) is 5. The maximum Gasteiger partial charge on any atom is 0.329 e. The van der Waals surface area contributed by atoms with Crippen molar-refractivity contribution in [3.05, 3.63) is 23.3 Å². The van der Waals surface area contributed by atoms with Crippen LogP contribution in [0.15, 0.2) is 23.3 Å². The van der Waals surface area contributed by atoms with E-state index in [4.69, 9.17) is 23.7 Å². The monoisotopic (exact) mass is 790 g/mol. The highest BCUT2D eigenvalue weighted by atomic mass is 16.7. The molecule has 2 saturated heterocycles. The van der Waals surface area contributed by atoms with E-state index >= 15 is 0 Å². The Morgan fingerprint density at radius 1 is 0.946 bits per heavy atom. The molecule has 3 fully saturated rings. The van der Waals surface area contributed by atoms with Crippen molar-refractivity contribution in [1.82, 2.24) is 4.90 Å². The van der Waals surface area contributed by atoms with Crippen LogP contribution in [0.25, 0.3) is 0 Å². The summed E-state index contributed by atoms with van der Waals surface area (Å²) in [5.74, 6) is -6.14. The van der Waals surface area contributed by atoms with E-state index in [1.807, 2.05) is 20.8 Å². The van der Waals surface area contributed by atoms with Gasteiger partial charge in [-0.2, -0.15) is 0 Å². The zero-order chi connectivity index (χ0) is 41.3. The molecule has 1 saturated carbocycles. The number of carbonyl (C=O) groups excluding carboxylic acids is 4. The van der Waals surface area contributed by atoms with Gasteiger partial charge in [0, 0.05) is 46.1 Å². The molecule has 1 aliphatic carbocycles. The number of ketones is 2. The van der Waals surface area contributed by atoms with E-state index in [-0.39, 0.29) is 48.5 Å². The van der Waals surface area contributed by atoms with Crippen molar-refractivity contribution in [1.29, 1.82) is 0 Å². The molecule has 4 aliphatic rings. The van der Waals surface area contributed by atoms with Crippen LogP contribution in [0.5, 0.6) is 0 Å². The SMILES string of the molecule is CCCC1/C=C(/C)CC(C)CC(OC)C2OC(O)(C(=O)C(=O)N3CCCCC3C(=O)OC(/C(C)=C/C3CCC(O)C(OC)C3)C(C)CCC1=O)C(C)CC2OC. The van der Waals surface area contributed by atoms with Crippen LogP contribution in [0.2, 0.25) is 0 Å². The van der Waals surface area contributed by atoms with Crippen LogP contribution >= 0.6 is 0 Å². The van der Waals surface area contributed by atoms with Crippen molar-refractivity contribution in [3.63, 3.8) is 0 Å². The maximum atomic E-state index is 14.3. The quantitative estimate of drug-likeness (QED) is 0.180. The van der Waals surface area contributed by atoms with Gasteiger partial charge in [-0.15, -0.1) is 0 Å². The largest absolute Gasteiger partial charge is 0.456 e. The number of rotatable bonds is 7. The lowest BCUT2D eigenvalue weighted by Crippen LogP contribution is -2.64. The maximum absolute atomic E-state index is 14.3. The Hall–Kier alpha value is -2.48. The summed E-state index contributed by atoms with van der Waals surface area (Å²) in [6.07, 6.45) is 8.07. The van der Waals surface area contributed by atoms with E-state index in [0.29, 0.717) is 57.8 Å². The molecular formula is C44H71NO11. The fourth-order valence-electron chi connectivity index (χ4n) is 9.61. The average molecular weight is 790 g/mol.